The maximum absolute atomic E-state index is 3.94. The molecule has 0 aliphatic heterocycles. The summed E-state index contributed by atoms with van der Waals surface area (Å²) in [5.74, 6) is 0. The minimum absolute atomic E-state index is 0.117. The van der Waals surface area contributed by atoms with Crippen LogP contribution in [-0.2, 0) is 1.55 Å². The first-order valence-electron chi connectivity index (χ1n) is 2.47. The largest absolute Gasteiger partial charge is 0.314 e. The third kappa shape index (κ3) is 2.06. The maximum Gasteiger partial charge on any atom is 0.145 e. The lowest BCUT2D eigenvalue weighted by atomic mass is 10.7. The molecule has 0 amide bonds. The highest BCUT2D eigenvalue weighted by atomic mass is 127. The number of nitrogens with zero attached hydrogens (tertiary/aromatic N) is 2. The summed E-state index contributed by atoms with van der Waals surface area (Å²) in [5, 5.41) is 0. The molecule has 50 valence electrons. The van der Waals surface area contributed by atoms with E-state index in [0.29, 0.717) is 0 Å². The SMILES string of the molecule is CC(I)(I)n1ccnc1. The van der Waals surface area contributed by atoms with Crippen molar-refractivity contribution in [1.29, 1.82) is 0 Å². The van der Waals surface area contributed by atoms with Gasteiger partial charge in [0.15, 0.2) is 0 Å². The van der Waals surface area contributed by atoms with E-state index in [9.17, 15) is 0 Å². The van der Waals surface area contributed by atoms with Crippen LogP contribution in [0.2, 0.25) is 0 Å². The van der Waals surface area contributed by atoms with Crippen molar-refractivity contribution in [3.63, 3.8) is 0 Å². The van der Waals surface area contributed by atoms with E-state index in [1.165, 1.54) is 0 Å². The van der Waals surface area contributed by atoms with Gasteiger partial charge in [0.1, 0.15) is 1.55 Å². The topological polar surface area (TPSA) is 17.8 Å². The second-order valence-corrected chi connectivity index (χ2v) is 8.08. The quantitative estimate of drug-likeness (QED) is 0.563. The molecule has 1 aromatic heterocycles. The van der Waals surface area contributed by atoms with Gasteiger partial charge in [0, 0.05) is 12.4 Å². The van der Waals surface area contributed by atoms with Gasteiger partial charge in [0.2, 0.25) is 0 Å². The number of aromatic nitrogens is 2. The van der Waals surface area contributed by atoms with E-state index in [0.717, 1.165) is 0 Å². The Morgan fingerprint density at radius 2 is 2.22 bits per heavy atom. The molecule has 0 N–H and O–H groups in total. The minimum Gasteiger partial charge on any atom is -0.314 e. The highest BCUT2D eigenvalue weighted by Crippen LogP contribution is 2.31. The molecule has 0 fully saturated rings. The summed E-state index contributed by atoms with van der Waals surface area (Å²) in [5.41, 5.74) is 0. The van der Waals surface area contributed by atoms with E-state index < -0.39 is 0 Å². The molecule has 0 aromatic carbocycles. The molecular formula is C5H6I2N2. The summed E-state index contributed by atoms with van der Waals surface area (Å²) in [6.45, 7) is 2.12. The van der Waals surface area contributed by atoms with E-state index >= 15 is 0 Å². The van der Waals surface area contributed by atoms with Crippen molar-refractivity contribution in [1.82, 2.24) is 9.55 Å². The molecule has 4 heteroatoms. The average molecular weight is 348 g/mol. The molecule has 2 nitrogen and oxygen atoms in total. The van der Waals surface area contributed by atoms with Crippen molar-refractivity contribution in [3.05, 3.63) is 18.7 Å². The van der Waals surface area contributed by atoms with Crippen molar-refractivity contribution in [2.75, 3.05) is 0 Å². The Morgan fingerprint density at radius 1 is 1.56 bits per heavy atom. The number of rotatable bonds is 1. The van der Waals surface area contributed by atoms with Gasteiger partial charge < -0.3 is 4.57 Å². The van der Waals surface area contributed by atoms with Crippen LogP contribution in [0.3, 0.4) is 0 Å². The molecule has 1 aromatic rings. The van der Waals surface area contributed by atoms with E-state index in [1.807, 2.05) is 17.1 Å². The molecule has 0 radical (unpaired) electrons. The second kappa shape index (κ2) is 2.73. The predicted molar refractivity (Wildman–Crippen MR) is 53.9 cm³/mol. The van der Waals surface area contributed by atoms with Crippen LogP contribution in [0.4, 0.5) is 0 Å². The first kappa shape index (κ1) is 7.77. The third-order valence-corrected chi connectivity index (χ3v) is 2.07. The van der Waals surface area contributed by atoms with Crippen LogP contribution in [0.25, 0.3) is 0 Å². The molecule has 0 atom stereocenters. The molecule has 0 aliphatic rings. The Morgan fingerprint density at radius 3 is 2.44 bits per heavy atom. The second-order valence-electron chi connectivity index (χ2n) is 1.81. The van der Waals surface area contributed by atoms with Crippen molar-refractivity contribution >= 4 is 45.2 Å². The van der Waals surface area contributed by atoms with Gasteiger partial charge in [-0.3, -0.25) is 0 Å². The molecule has 0 saturated heterocycles. The van der Waals surface area contributed by atoms with Crippen LogP contribution in [0.5, 0.6) is 0 Å². The predicted octanol–water partition coefficient (Wildman–Crippen LogP) is 2.38. The van der Waals surface area contributed by atoms with Gasteiger partial charge in [-0.15, -0.1) is 0 Å². The van der Waals surface area contributed by atoms with Crippen molar-refractivity contribution in [2.24, 2.45) is 0 Å². The number of halogens is 2. The summed E-state index contributed by atoms with van der Waals surface area (Å²) < 4.78 is 2.17. The normalized spacial score (nSPS) is 11.9. The molecule has 9 heavy (non-hydrogen) atoms. The maximum atomic E-state index is 3.94. The fourth-order valence-corrected chi connectivity index (χ4v) is 1.06. The Hall–Kier alpha value is 0.670. The Bertz CT molecular complexity index is 175. The lowest BCUT2D eigenvalue weighted by molar-refractivity contribution is 0.741. The van der Waals surface area contributed by atoms with Gasteiger partial charge in [-0.05, 0) is 52.1 Å². The molecule has 0 spiro atoms. The Labute approximate surface area is 81.3 Å². The standard InChI is InChI=1S/C5H6I2N2/c1-5(6,7)9-3-2-8-4-9/h2-4H,1H3. The zero-order valence-corrected chi connectivity index (χ0v) is 9.20. The third-order valence-electron chi connectivity index (χ3n) is 0.958. The molecule has 0 saturated carbocycles. The number of alkyl halides is 2. The van der Waals surface area contributed by atoms with Gasteiger partial charge in [-0.1, -0.05) is 0 Å². The Kier molecular flexibility index (Phi) is 2.36. The summed E-state index contributed by atoms with van der Waals surface area (Å²) in [6, 6.07) is 0. The van der Waals surface area contributed by atoms with Crippen LogP contribution >= 0.6 is 45.2 Å². The molecule has 1 heterocycles. The van der Waals surface area contributed by atoms with Gasteiger partial charge in [-0.2, -0.15) is 0 Å². The van der Waals surface area contributed by atoms with Crippen molar-refractivity contribution in [3.8, 4) is 0 Å². The molecule has 1 rings (SSSR count). The molecule has 0 unspecified atom stereocenters. The van der Waals surface area contributed by atoms with Crippen LogP contribution in [0.15, 0.2) is 18.7 Å². The lowest BCUT2D eigenvalue weighted by Gasteiger charge is -2.14. The summed E-state index contributed by atoms with van der Waals surface area (Å²) in [6.07, 6.45) is 5.56. The van der Waals surface area contributed by atoms with Gasteiger partial charge in [-0.25, -0.2) is 4.98 Å². The first-order valence-corrected chi connectivity index (χ1v) is 4.63. The zero-order chi connectivity index (χ0) is 6.91. The fraction of sp³-hybridized carbons (Fsp3) is 0.400. The van der Waals surface area contributed by atoms with Gasteiger partial charge in [0.25, 0.3) is 0 Å². The highest BCUT2D eigenvalue weighted by molar-refractivity contribution is 14.2. The molecule has 0 aliphatic carbocycles. The number of imidazole rings is 1. The summed E-state index contributed by atoms with van der Waals surface area (Å²) in [7, 11) is 0. The zero-order valence-electron chi connectivity index (χ0n) is 4.88. The summed E-state index contributed by atoms with van der Waals surface area (Å²) >= 11 is 4.70. The van der Waals surface area contributed by atoms with Gasteiger partial charge >= 0.3 is 0 Å². The van der Waals surface area contributed by atoms with E-state index in [-0.39, 0.29) is 1.55 Å². The lowest BCUT2D eigenvalue weighted by Crippen LogP contribution is -2.10. The highest BCUT2D eigenvalue weighted by Gasteiger charge is 2.14. The molecular weight excluding hydrogens is 342 g/mol. The average Bonchev–Trinajstić information content (AvgIpc) is 2.08. The van der Waals surface area contributed by atoms with Crippen molar-refractivity contribution < 1.29 is 0 Å². The fourth-order valence-electron chi connectivity index (χ4n) is 0.491. The van der Waals surface area contributed by atoms with Crippen LogP contribution in [0.1, 0.15) is 6.92 Å². The number of hydrogen-bond donors (Lipinski definition) is 0. The first-order chi connectivity index (χ1) is 4.11. The van der Waals surface area contributed by atoms with E-state index in [1.54, 1.807) is 6.20 Å². The van der Waals surface area contributed by atoms with Crippen LogP contribution < -0.4 is 0 Å². The summed E-state index contributed by atoms with van der Waals surface area (Å²) in [4.78, 5) is 3.94. The number of hydrogen-bond acceptors (Lipinski definition) is 1. The van der Waals surface area contributed by atoms with Crippen molar-refractivity contribution in [2.45, 2.75) is 8.48 Å². The van der Waals surface area contributed by atoms with Crippen LogP contribution in [0, 0.1) is 0 Å². The van der Waals surface area contributed by atoms with Crippen LogP contribution in [-0.4, -0.2) is 9.55 Å². The monoisotopic (exact) mass is 348 g/mol. The Balaban J connectivity index is 2.90. The van der Waals surface area contributed by atoms with E-state index in [4.69, 9.17) is 0 Å². The smallest absolute Gasteiger partial charge is 0.145 e. The van der Waals surface area contributed by atoms with Gasteiger partial charge in [0.05, 0.1) is 6.33 Å². The minimum atomic E-state index is 0.117. The van der Waals surface area contributed by atoms with E-state index in [2.05, 4.69) is 57.1 Å². The molecule has 0 bridgehead atoms.